The van der Waals surface area contributed by atoms with Gasteiger partial charge in [-0.1, -0.05) is 37.3 Å². The van der Waals surface area contributed by atoms with Crippen LogP contribution >= 0.6 is 0 Å². The first-order chi connectivity index (χ1) is 21.9. The molecule has 11 nitrogen and oxygen atoms in total. The van der Waals surface area contributed by atoms with E-state index in [1.165, 1.54) is 11.3 Å². The molecule has 45 heavy (non-hydrogen) atoms. The highest BCUT2D eigenvalue weighted by atomic mass is 16.2. The predicted octanol–water partition coefficient (Wildman–Crippen LogP) is 4.25. The Labute approximate surface area is 262 Å². The fourth-order valence-corrected chi connectivity index (χ4v) is 7.78. The van der Waals surface area contributed by atoms with E-state index in [4.69, 9.17) is 10.1 Å². The number of hydrogen-bond donors (Lipinski definition) is 1. The van der Waals surface area contributed by atoms with Crippen molar-refractivity contribution in [3.05, 3.63) is 84.5 Å². The molecule has 0 unspecified atom stereocenters. The summed E-state index contributed by atoms with van der Waals surface area (Å²) in [7, 11) is 0. The molecule has 1 aromatic carbocycles. The third kappa shape index (κ3) is 4.85. The average molecular weight is 605 g/mol. The number of hydrogen-bond acceptors (Lipinski definition) is 7. The number of carbonyl (C=O) groups is 1. The summed E-state index contributed by atoms with van der Waals surface area (Å²) in [5.74, 6) is 1.72. The van der Waals surface area contributed by atoms with Crippen molar-refractivity contribution >= 4 is 28.7 Å². The zero-order valence-corrected chi connectivity index (χ0v) is 26.1. The number of anilines is 2. The van der Waals surface area contributed by atoms with Gasteiger partial charge in [-0.3, -0.25) is 0 Å². The molecule has 8 rings (SSSR count). The number of aromatic nitrogens is 6. The maximum absolute atomic E-state index is 13.1. The first kappa shape index (κ1) is 27.8. The van der Waals surface area contributed by atoms with Crippen molar-refractivity contribution in [1.82, 2.24) is 39.2 Å². The van der Waals surface area contributed by atoms with Crippen LogP contribution < -0.4 is 15.1 Å². The Morgan fingerprint density at radius 3 is 2.67 bits per heavy atom. The second-order valence-corrected chi connectivity index (χ2v) is 13.2. The number of piperidine rings is 1. The van der Waals surface area contributed by atoms with Crippen molar-refractivity contribution < 1.29 is 4.79 Å². The molecule has 1 N–H and O–H groups in total. The van der Waals surface area contributed by atoms with Crippen molar-refractivity contribution in [1.29, 1.82) is 0 Å². The maximum Gasteiger partial charge on any atom is 0.317 e. The number of nitrogens with one attached hydrogen (secondary N) is 1. The Kier molecular flexibility index (Phi) is 6.65. The molecule has 11 heteroatoms. The van der Waals surface area contributed by atoms with Gasteiger partial charge in [0.2, 0.25) is 0 Å². The summed E-state index contributed by atoms with van der Waals surface area (Å²) < 4.78 is 3.93. The van der Waals surface area contributed by atoms with Gasteiger partial charge in [-0.2, -0.15) is 5.10 Å². The number of aryl methyl sites for hydroxylation is 1. The van der Waals surface area contributed by atoms with Gasteiger partial charge in [0.05, 0.1) is 29.9 Å². The third-order valence-corrected chi connectivity index (χ3v) is 10.5. The highest BCUT2D eigenvalue weighted by molar-refractivity contribution is 5.78. The van der Waals surface area contributed by atoms with Crippen LogP contribution in [0.15, 0.2) is 67.5 Å². The first-order valence-electron chi connectivity index (χ1n) is 16.2. The molecule has 4 aromatic heterocycles. The van der Waals surface area contributed by atoms with Gasteiger partial charge < -0.3 is 24.4 Å². The third-order valence-electron chi connectivity index (χ3n) is 10.5. The van der Waals surface area contributed by atoms with E-state index in [2.05, 4.69) is 81.5 Å². The Hall–Kier alpha value is -4.67. The maximum atomic E-state index is 13.1. The van der Waals surface area contributed by atoms with E-state index in [0.29, 0.717) is 19.5 Å². The predicted molar refractivity (Wildman–Crippen MR) is 174 cm³/mol. The van der Waals surface area contributed by atoms with Crippen LogP contribution in [0.1, 0.15) is 49.6 Å². The van der Waals surface area contributed by atoms with Crippen LogP contribution in [0.5, 0.6) is 0 Å². The van der Waals surface area contributed by atoms with Crippen molar-refractivity contribution in [3.63, 3.8) is 0 Å². The molecule has 1 spiro atoms. The Balaban J connectivity index is 0.920. The van der Waals surface area contributed by atoms with Crippen LogP contribution in [0, 0.1) is 6.92 Å². The number of fused-ring (bicyclic) bond motifs is 2. The number of amides is 2. The molecule has 2 amide bonds. The highest BCUT2D eigenvalue weighted by Gasteiger charge is 2.44. The van der Waals surface area contributed by atoms with Gasteiger partial charge in [0.1, 0.15) is 5.52 Å². The first-order valence-corrected chi connectivity index (χ1v) is 16.2. The van der Waals surface area contributed by atoms with E-state index in [-0.39, 0.29) is 17.0 Å². The van der Waals surface area contributed by atoms with Gasteiger partial charge in [0, 0.05) is 63.5 Å². The topological polar surface area (TPSA) is 99.2 Å². The van der Waals surface area contributed by atoms with E-state index in [9.17, 15) is 4.79 Å². The minimum absolute atomic E-state index is 0.00792. The lowest BCUT2D eigenvalue weighted by Crippen LogP contribution is -2.52. The second-order valence-electron chi connectivity index (χ2n) is 13.2. The number of urea groups is 1. The van der Waals surface area contributed by atoms with Crippen molar-refractivity contribution in [3.8, 4) is 0 Å². The summed E-state index contributed by atoms with van der Waals surface area (Å²) in [6.07, 6.45) is 14.1. The zero-order valence-electron chi connectivity index (χ0n) is 26.1. The molecule has 3 fully saturated rings. The van der Waals surface area contributed by atoms with Crippen molar-refractivity contribution in [2.24, 2.45) is 0 Å². The molecule has 0 radical (unpaired) electrons. The average Bonchev–Trinajstić information content (AvgIpc) is 3.86. The second kappa shape index (κ2) is 10.7. The van der Waals surface area contributed by atoms with Gasteiger partial charge >= 0.3 is 6.03 Å². The number of benzene rings is 1. The smallest absolute Gasteiger partial charge is 0.317 e. The minimum atomic E-state index is -0.208. The fourth-order valence-electron chi connectivity index (χ4n) is 7.78. The molecular formula is C34H40N10O. The summed E-state index contributed by atoms with van der Waals surface area (Å²) in [5, 5.41) is 8.20. The van der Waals surface area contributed by atoms with Gasteiger partial charge in [-0.15, -0.1) is 0 Å². The number of rotatable bonds is 7. The summed E-state index contributed by atoms with van der Waals surface area (Å²) in [5.41, 5.74) is 5.59. The monoisotopic (exact) mass is 604 g/mol. The molecule has 3 aliphatic heterocycles. The Morgan fingerprint density at radius 1 is 1.02 bits per heavy atom. The largest absolute Gasteiger partial charge is 0.369 e. The van der Waals surface area contributed by atoms with E-state index < -0.39 is 0 Å². The van der Waals surface area contributed by atoms with Gasteiger partial charge in [0.15, 0.2) is 17.3 Å². The normalized spacial score (nSPS) is 21.5. The zero-order chi connectivity index (χ0) is 30.6. The lowest BCUT2D eigenvalue weighted by atomic mass is 9.77. The summed E-state index contributed by atoms with van der Waals surface area (Å²) >= 11 is 0. The molecule has 3 aliphatic rings. The standard InChI is InChI=1S/C34H40N10O/c1-3-33(26-7-5-4-6-8-26)10-15-41(22-33)27-19-25(2)30-37-29(39-44(30)21-27)9-14-42-23-34(38-32(42)45)11-16-40(17-12-34)31-28-20-35-24-43(28)18-13-36-31/h4-8,13,18-21,24H,3,9-12,14-17,22-23H2,1-2H3,(H,38,45)/t33-/m0/s1. The molecule has 0 bridgehead atoms. The van der Waals surface area contributed by atoms with Gasteiger partial charge in [-0.25, -0.2) is 24.3 Å². The molecule has 7 heterocycles. The molecule has 5 aromatic rings. The van der Waals surface area contributed by atoms with Crippen LogP contribution in [0.25, 0.3) is 11.2 Å². The van der Waals surface area contributed by atoms with Crippen LogP contribution in [-0.4, -0.2) is 84.7 Å². The quantitative estimate of drug-likeness (QED) is 0.297. The molecule has 1 atom stereocenters. The van der Waals surface area contributed by atoms with E-state index >= 15 is 0 Å². The van der Waals surface area contributed by atoms with Crippen LogP contribution in [0.3, 0.4) is 0 Å². The van der Waals surface area contributed by atoms with Gasteiger partial charge in [0.25, 0.3) is 0 Å². The molecule has 0 saturated carbocycles. The highest BCUT2D eigenvalue weighted by Crippen LogP contribution is 2.40. The van der Waals surface area contributed by atoms with Gasteiger partial charge in [-0.05, 0) is 49.8 Å². The molecule has 0 aliphatic carbocycles. The molecular weight excluding hydrogens is 564 g/mol. The number of pyridine rings is 1. The van der Waals surface area contributed by atoms with E-state index in [1.807, 2.05) is 32.4 Å². The fraction of sp³-hybridized carbons (Fsp3) is 0.441. The molecule has 232 valence electrons. The lowest BCUT2D eigenvalue weighted by molar-refractivity contribution is 0.217. The minimum Gasteiger partial charge on any atom is -0.369 e. The number of carbonyl (C=O) groups excluding carboxylic acids is 1. The van der Waals surface area contributed by atoms with E-state index in [1.54, 1.807) is 6.33 Å². The lowest BCUT2D eigenvalue weighted by Gasteiger charge is -2.39. The van der Waals surface area contributed by atoms with Crippen molar-refractivity contribution in [2.75, 3.05) is 49.1 Å². The number of imidazole rings is 1. The Morgan fingerprint density at radius 2 is 1.84 bits per heavy atom. The Bertz CT molecular complexity index is 1860. The van der Waals surface area contributed by atoms with Crippen LogP contribution in [-0.2, 0) is 11.8 Å². The van der Waals surface area contributed by atoms with Crippen LogP contribution in [0.2, 0.25) is 0 Å². The summed E-state index contributed by atoms with van der Waals surface area (Å²) in [4.78, 5) is 33.6. The summed E-state index contributed by atoms with van der Waals surface area (Å²) in [6.45, 7) is 9.42. The molecule has 3 saturated heterocycles. The van der Waals surface area contributed by atoms with Crippen molar-refractivity contribution in [2.45, 2.75) is 56.9 Å². The van der Waals surface area contributed by atoms with Crippen LogP contribution in [0.4, 0.5) is 16.3 Å². The SMILES string of the molecule is CC[C@]1(c2ccccc2)CCN(c2cc(C)c3nc(CCN4CC5(CCN(c6nccn7cncc67)CC5)NC4=O)nn3c2)C1. The number of nitrogens with zero attached hydrogens (tertiary/aromatic N) is 9. The summed E-state index contributed by atoms with van der Waals surface area (Å²) in [6, 6.07) is 13.2. The van der Waals surface area contributed by atoms with E-state index in [0.717, 1.165) is 80.2 Å².